The zero-order valence-corrected chi connectivity index (χ0v) is 57.4. The largest absolute Gasteiger partial charge is 0.466 e. The number of unbranched alkanes of at least 4 members (excludes halogenated alkanes) is 53. The lowest BCUT2D eigenvalue weighted by Crippen LogP contribution is -2.45. The topological polar surface area (TPSA) is 95.9 Å². The molecule has 85 heavy (non-hydrogen) atoms. The molecule has 0 aliphatic heterocycles. The van der Waals surface area contributed by atoms with Crippen LogP contribution >= 0.6 is 0 Å². The first kappa shape index (κ1) is 82.8. The van der Waals surface area contributed by atoms with Gasteiger partial charge in [0.15, 0.2) is 0 Å². The number of rotatable bonds is 72. The Morgan fingerprint density at radius 3 is 0.918 bits per heavy atom. The summed E-state index contributed by atoms with van der Waals surface area (Å²) >= 11 is 0. The van der Waals surface area contributed by atoms with Crippen molar-refractivity contribution in [3.05, 3.63) is 48.6 Å². The maximum Gasteiger partial charge on any atom is 0.305 e. The first-order valence-electron chi connectivity index (χ1n) is 38.4. The molecular formula is C79H149NO5. The highest BCUT2D eigenvalue weighted by Crippen LogP contribution is 2.19. The van der Waals surface area contributed by atoms with E-state index >= 15 is 0 Å². The summed E-state index contributed by atoms with van der Waals surface area (Å²) < 4.78 is 5.49. The van der Waals surface area contributed by atoms with Crippen molar-refractivity contribution in [1.82, 2.24) is 5.32 Å². The quantitative estimate of drug-likeness (QED) is 0.0320. The van der Waals surface area contributed by atoms with Crippen LogP contribution in [0.4, 0.5) is 0 Å². The molecule has 0 bridgehead atoms. The lowest BCUT2D eigenvalue weighted by atomic mass is 10.0. The van der Waals surface area contributed by atoms with Gasteiger partial charge in [-0.1, -0.05) is 364 Å². The summed E-state index contributed by atoms with van der Waals surface area (Å²) in [4.78, 5) is 24.6. The summed E-state index contributed by atoms with van der Waals surface area (Å²) in [5.74, 6) is -0.0231. The van der Waals surface area contributed by atoms with E-state index in [1.165, 1.54) is 327 Å². The Bertz CT molecular complexity index is 1420. The Labute approximate surface area is 531 Å². The van der Waals surface area contributed by atoms with E-state index in [9.17, 15) is 19.8 Å². The number of carbonyl (C=O) groups is 2. The van der Waals surface area contributed by atoms with Gasteiger partial charge in [-0.2, -0.15) is 0 Å². The van der Waals surface area contributed by atoms with E-state index in [0.717, 1.165) is 57.8 Å². The van der Waals surface area contributed by atoms with Gasteiger partial charge in [0.2, 0.25) is 5.91 Å². The van der Waals surface area contributed by atoms with Crippen molar-refractivity contribution < 1.29 is 24.5 Å². The van der Waals surface area contributed by atoms with E-state index in [0.29, 0.717) is 25.9 Å². The minimum Gasteiger partial charge on any atom is -0.466 e. The van der Waals surface area contributed by atoms with Gasteiger partial charge in [-0.25, -0.2) is 0 Å². The molecule has 0 rings (SSSR count). The Kier molecular flexibility index (Phi) is 72.4. The van der Waals surface area contributed by atoms with Crippen molar-refractivity contribution in [2.45, 2.75) is 431 Å². The predicted octanol–water partition coefficient (Wildman–Crippen LogP) is 25.2. The Balaban J connectivity index is 3.35. The van der Waals surface area contributed by atoms with E-state index in [1.54, 1.807) is 0 Å². The monoisotopic (exact) mass is 1190 g/mol. The number of aliphatic hydroxyl groups excluding tert-OH is 2. The van der Waals surface area contributed by atoms with Crippen molar-refractivity contribution >= 4 is 11.9 Å². The fraction of sp³-hybridized carbons (Fsp3) is 0.873. The van der Waals surface area contributed by atoms with Crippen LogP contribution in [0.1, 0.15) is 418 Å². The van der Waals surface area contributed by atoms with Crippen molar-refractivity contribution in [2.75, 3.05) is 13.2 Å². The van der Waals surface area contributed by atoms with Crippen LogP contribution in [0.15, 0.2) is 48.6 Å². The number of nitrogens with one attached hydrogen (secondary N) is 1. The van der Waals surface area contributed by atoms with E-state index in [4.69, 9.17) is 4.74 Å². The second kappa shape index (κ2) is 74.3. The standard InChI is InChI=1S/C79H149NO5/c1-3-5-7-9-11-13-15-17-44-49-53-57-61-65-69-73-79(84)85-74-70-66-62-58-54-50-46-43-41-39-37-35-33-31-29-27-25-23-21-19-20-22-24-26-28-30-32-34-36-38-40-42-45-48-52-56-60-64-68-72-78(83)80-76(75-81)77(82)71-67-63-59-55-51-47-18-16-14-12-10-8-6-4-2/h11,13,17,19-20,23,25,44,76-77,81-82H,3-10,12,14-16,18,21-22,24,26-43,45-75H2,1-2H3,(H,80,83)/b13-11-,20-19-,25-23-,44-17-. The molecule has 0 saturated carbocycles. The van der Waals surface area contributed by atoms with Gasteiger partial charge in [0.25, 0.3) is 0 Å². The van der Waals surface area contributed by atoms with Gasteiger partial charge < -0.3 is 20.3 Å². The fourth-order valence-electron chi connectivity index (χ4n) is 12.0. The molecule has 0 radical (unpaired) electrons. The minimum absolute atomic E-state index is 0.00646. The smallest absolute Gasteiger partial charge is 0.305 e. The van der Waals surface area contributed by atoms with Crippen LogP contribution in [0, 0.1) is 0 Å². The van der Waals surface area contributed by atoms with Gasteiger partial charge in [0, 0.05) is 12.8 Å². The minimum atomic E-state index is -0.662. The lowest BCUT2D eigenvalue weighted by Gasteiger charge is -2.22. The number of ether oxygens (including phenoxy) is 1. The SMILES string of the molecule is CCCCC/C=C\C/C=C\CCCCCCCC(=O)OCCCCCCCCCCCCCCCCC/C=C\C/C=C\CCCCCCCCCCCCCCCCCCCC(=O)NC(CO)C(O)CCCCCCCCCCCCCCCC. The maximum atomic E-state index is 12.5. The Morgan fingerprint density at radius 2 is 0.588 bits per heavy atom. The highest BCUT2D eigenvalue weighted by Gasteiger charge is 2.20. The Hall–Kier alpha value is -2.18. The molecule has 2 unspecified atom stereocenters. The van der Waals surface area contributed by atoms with Crippen LogP contribution in [0.5, 0.6) is 0 Å². The fourth-order valence-corrected chi connectivity index (χ4v) is 12.0. The molecule has 0 aliphatic carbocycles. The molecule has 0 saturated heterocycles. The van der Waals surface area contributed by atoms with Gasteiger partial charge in [0.1, 0.15) is 0 Å². The normalized spacial score (nSPS) is 12.8. The molecule has 2 atom stereocenters. The number of aliphatic hydroxyl groups is 2. The molecule has 0 spiro atoms. The lowest BCUT2D eigenvalue weighted by molar-refractivity contribution is -0.143. The zero-order chi connectivity index (χ0) is 61.3. The summed E-state index contributed by atoms with van der Waals surface area (Å²) in [5, 5.41) is 23.3. The number of hydrogen-bond donors (Lipinski definition) is 3. The Morgan fingerprint density at radius 1 is 0.329 bits per heavy atom. The molecule has 500 valence electrons. The summed E-state index contributed by atoms with van der Waals surface area (Å²) in [7, 11) is 0. The van der Waals surface area contributed by atoms with E-state index in [2.05, 4.69) is 67.8 Å². The molecule has 1 amide bonds. The van der Waals surface area contributed by atoms with Gasteiger partial charge in [-0.15, -0.1) is 0 Å². The third kappa shape index (κ3) is 70.8. The van der Waals surface area contributed by atoms with Crippen LogP contribution < -0.4 is 5.32 Å². The summed E-state index contributed by atoms with van der Waals surface area (Å²) in [5.41, 5.74) is 0. The molecule has 6 nitrogen and oxygen atoms in total. The van der Waals surface area contributed by atoms with Gasteiger partial charge in [0.05, 0.1) is 25.4 Å². The first-order chi connectivity index (χ1) is 42.0. The van der Waals surface area contributed by atoms with Crippen LogP contribution in [-0.2, 0) is 14.3 Å². The molecule has 0 aromatic carbocycles. The van der Waals surface area contributed by atoms with Gasteiger partial charge in [-0.05, 0) is 89.9 Å². The predicted molar refractivity (Wildman–Crippen MR) is 375 cm³/mol. The van der Waals surface area contributed by atoms with Crippen molar-refractivity contribution in [2.24, 2.45) is 0 Å². The van der Waals surface area contributed by atoms with E-state index in [1.807, 2.05) is 0 Å². The average molecular weight is 1190 g/mol. The number of carbonyl (C=O) groups excluding carboxylic acids is 2. The van der Waals surface area contributed by atoms with Crippen LogP contribution in [0.25, 0.3) is 0 Å². The maximum absolute atomic E-state index is 12.5. The first-order valence-corrected chi connectivity index (χ1v) is 38.4. The molecule has 6 heteroatoms. The second-order valence-corrected chi connectivity index (χ2v) is 26.3. The third-order valence-electron chi connectivity index (χ3n) is 17.9. The van der Waals surface area contributed by atoms with Crippen molar-refractivity contribution in [3.63, 3.8) is 0 Å². The second-order valence-electron chi connectivity index (χ2n) is 26.3. The average Bonchev–Trinajstić information content (AvgIpc) is 3.52. The summed E-state index contributed by atoms with van der Waals surface area (Å²) in [6.45, 7) is 4.95. The number of hydrogen-bond acceptors (Lipinski definition) is 5. The molecular weight excluding hydrogens is 1040 g/mol. The van der Waals surface area contributed by atoms with Crippen LogP contribution in [-0.4, -0.2) is 47.4 Å². The van der Waals surface area contributed by atoms with Gasteiger partial charge in [-0.3, -0.25) is 9.59 Å². The van der Waals surface area contributed by atoms with Crippen LogP contribution in [0.2, 0.25) is 0 Å². The number of allylic oxidation sites excluding steroid dienone is 8. The third-order valence-corrected chi connectivity index (χ3v) is 17.9. The molecule has 0 aliphatic rings. The van der Waals surface area contributed by atoms with E-state index in [-0.39, 0.29) is 18.5 Å². The number of esters is 1. The molecule has 0 heterocycles. The van der Waals surface area contributed by atoms with E-state index < -0.39 is 12.1 Å². The summed E-state index contributed by atoms with van der Waals surface area (Å²) in [6, 6.07) is -0.539. The summed E-state index contributed by atoms with van der Waals surface area (Å²) in [6.07, 6.45) is 97.7. The number of amides is 1. The highest BCUT2D eigenvalue weighted by molar-refractivity contribution is 5.76. The van der Waals surface area contributed by atoms with Crippen molar-refractivity contribution in [3.8, 4) is 0 Å². The van der Waals surface area contributed by atoms with Crippen molar-refractivity contribution in [1.29, 1.82) is 0 Å². The van der Waals surface area contributed by atoms with Gasteiger partial charge >= 0.3 is 5.97 Å². The molecule has 0 aromatic heterocycles. The highest BCUT2D eigenvalue weighted by atomic mass is 16.5. The molecule has 0 aromatic rings. The molecule has 0 fully saturated rings. The van der Waals surface area contributed by atoms with Crippen LogP contribution in [0.3, 0.4) is 0 Å². The molecule has 3 N–H and O–H groups in total. The zero-order valence-electron chi connectivity index (χ0n) is 57.4.